The maximum Gasteiger partial charge on any atom is 0.357 e. The van der Waals surface area contributed by atoms with E-state index in [2.05, 4.69) is 9.72 Å². The second kappa shape index (κ2) is 3.69. The molecule has 0 unspecified atom stereocenters. The molecule has 0 fully saturated rings. The van der Waals surface area contributed by atoms with Crippen LogP contribution in [0.1, 0.15) is 16.1 Å². The van der Waals surface area contributed by atoms with Crippen molar-refractivity contribution in [2.24, 2.45) is 0 Å². The van der Waals surface area contributed by atoms with Gasteiger partial charge in [0.1, 0.15) is 0 Å². The average molecular weight is 201 g/mol. The van der Waals surface area contributed by atoms with E-state index in [1.54, 1.807) is 6.20 Å². The van der Waals surface area contributed by atoms with Crippen LogP contribution in [0.3, 0.4) is 0 Å². The van der Waals surface area contributed by atoms with Gasteiger partial charge in [-0.3, -0.25) is 0 Å². The molecular weight excluding hydrogens is 190 g/mol. The molecular formula is C12H11NO2. The Morgan fingerprint density at radius 3 is 2.60 bits per heavy atom. The molecule has 0 saturated heterocycles. The number of fused-ring (bicyclic) bond motifs is 1. The van der Waals surface area contributed by atoms with Gasteiger partial charge < -0.3 is 4.74 Å². The highest BCUT2D eigenvalue weighted by Gasteiger charge is 2.12. The van der Waals surface area contributed by atoms with E-state index in [-0.39, 0.29) is 0 Å². The van der Waals surface area contributed by atoms with E-state index in [1.807, 2.05) is 31.2 Å². The number of hydrogen-bond donors (Lipinski definition) is 0. The maximum absolute atomic E-state index is 11.5. The second-order valence-electron chi connectivity index (χ2n) is 3.33. The standard InChI is InChI=1S/C12H11NO2/c1-8-7-13-11(12(14)15-2)10-6-4-3-5-9(8)10/h3-7H,1-2H3. The van der Waals surface area contributed by atoms with Gasteiger partial charge in [-0.2, -0.15) is 0 Å². The number of benzene rings is 1. The van der Waals surface area contributed by atoms with Crippen LogP contribution in [0.5, 0.6) is 0 Å². The van der Waals surface area contributed by atoms with Gasteiger partial charge >= 0.3 is 5.97 Å². The number of rotatable bonds is 1. The molecule has 0 amide bonds. The summed E-state index contributed by atoms with van der Waals surface area (Å²) in [4.78, 5) is 15.6. The minimum Gasteiger partial charge on any atom is -0.464 e. The van der Waals surface area contributed by atoms with Gasteiger partial charge in [-0.05, 0) is 17.9 Å². The van der Waals surface area contributed by atoms with E-state index < -0.39 is 5.97 Å². The summed E-state index contributed by atoms with van der Waals surface area (Å²) in [6, 6.07) is 7.67. The predicted molar refractivity (Wildman–Crippen MR) is 57.8 cm³/mol. The molecule has 0 aliphatic heterocycles. The summed E-state index contributed by atoms with van der Waals surface area (Å²) in [6.45, 7) is 1.97. The van der Waals surface area contributed by atoms with Gasteiger partial charge in [-0.25, -0.2) is 9.78 Å². The lowest BCUT2D eigenvalue weighted by Crippen LogP contribution is -2.05. The summed E-state index contributed by atoms with van der Waals surface area (Å²) in [5.41, 5.74) is 1.43. The zero-order chi connectivity index (χ0) is 10.8. The minimum atomic E-state index is -0.397. The highest BCUT2D eigenvalue weighted by molar-refractivity contribution is 6.03. The number of ether oxygens (including phenoxy) is 1. The molecule has 2 rings (SSSR count). The summed E-state index contributed by atoms with van der Waals surface area (Å²) in [5, 5.41) is 1.87. The fraction of sp³-hybridized carbons (Fsp3) is 0.167. The van der Waals surface area contributed by atoms with Crippen molar-refractivity contribution in [3.63, 3.8) is 0 Å². The third kappa shape index (κ3) is 1.56. The van der Waals surface area contributed by atoms with Gasteiger partial charge in [0.05, 0.1) is 7.11 Å². The molecule has 0 N–H and O–H groups in total. The van der Waals surface area contributed by atoms with E-state index in [9.17, 15) is 4.79 Å². The van der Waals surface area contributed by atoms with E-state index in [0.717, 1.165) is 16.3 Å². The normalized spacial score (nSPS) is 10.3. The van der Waals surface area contributed by atoms with Crippen molar-refractivity contribution in [3.05, 3.63) is 41.7 Å². The Bertz CT molecular complexity index is 520. The Balaban J connectivity index is 2.77. The second-order valence-corrected chi connectivity index (χ2v) is 3.33. The smallest absolute Gasteiger partial charge is 0.357 e. The number of esters is 1. The molecule has 76 valence electrons. The summed E-state index contributed by atoms with van der Waals surface area (Å²) >= 11 is 0. The Labute approximate surface area is 87.7 Å². The number of nitrogens with zero attached hydrogens (tertiary/aromatic N) is 1. The molecule has 15 heavy (non-hydrogen) atoms. The molecule has 0 aliphatic rings. The number of hydrogen-bond acceptors (Lipinski definition) is 3. The first-order valence-corrected chi connectivity index (χ1v) is 4.66. The van der Waals surface area contributed by atoms with Crippen LogP contribution < -0.4 is 0 Å². The minimum absolute atomic E-state index is 0.374. The van der Waals surface area contributed by atoms with Gasteiger partial charge in [-0.1, -0.05) is 24.3 Å². The van der Waals surface area contributed by atoms with Gasteiger partial charge in [0.2, 0.25) is 0 Å². The maximum atomic E-state index is 11.5. The molecule has 0 bridgehead atoms. The highest BCUT2D eigenvalue weighted by Crippen LogP contribution is 2.20. The fourth-order valence-corrected chi connectivity index (χ4v) is 1.59. The number of carbonyl (C=O) groups is 1. The summed E-state index contributed by atoms with van der Waals surface area (Å²) in [5.74, 6) is -0.397. The van der Waals surface area contributed by atoms with Gasteiger partial charge in [-0.15, -0.1) is 0 Å². The molecule has 0 aliphatic carbocycles. The molecule has 0 spiro atoms. The van der Waals surface area contributed by atoms with Crippen LogP contribution in [0, 0.1) is 6.92 Å². The van der Waals surface area contributed by atoms with E-state index in [4.69, 9.17) is 0 Å². The molecule has 0 radical (unpaired) electrons. The van der Waals surface area contributed by atoms with Crippen molar-refractivity contribution in [1.29, 1.82) is 0 Å². The molecule has 0 atom stereocenters. The Hall–Kier alpha value is -1.90. The van der Waals surface area contributed by atoms with E-state index in [0.29, 0.717) is 5.69 Å². The van der Waals surface area contributed by atoms with Crippen LogP contribution in [0.15, 0.2) is 30.5 Å². The third-order valence-corrected chi connectivity index (χ3v) is 2.37. The van der Waals surface area contributed by atoms with Crippen LogP contribution >= 0.6 is 0 Å². The number of aromatic nitrogens is 1. The van der Waals surface area contributed by atoms with Crippen molar-refractivity contribution >= 4 is 16.7 Å². The van der Waals surface area contributed by atoms with Crippen LogP contribution in [0.4, 0.5) is 0 Å². The SMILES string of the molecule is COC(=O)c1ncc(C)c2ccccc12. The van der Waals surface area contributed by atoms with Crippen molar-refractivity contribution in [2.75, 3.05) is 7.11 Å². The van der Waals surface area contributed by atoms with Crippen LogP contribution in [-0.4, -0.2) is 18.1 Å². The summed E-state index contributed by atoms with van der Waals surface area (Å²) in [7, 11) is 1.36. The molecule has 1 aromatic carbocycles. The fourth-order valence-electron chi connectivity index (χ4n) is 1.59. The summed E-state index contributed by atoms with van der Waals surface area (Å²) in [6.07, 6.45) is 1.69. The third-order valence-electron chi connectivity index (χ3n) is 2.37. The lowest BCUT2D eigenvalue weighted by Gasteiger charge is -2.05. The van der Waals surface area contributed by atoms with Crippen molar-refractivity contribution in [1.82, 2.24) is 4.98 Å². The molecule has 2 aromatic rings. The monoisotopic (exact) mass is 201 g/mol. The van der Waals surface area contributed by atoms with Crippen molar-refractivity contribution in [3.8, 4) is 0 Å². The average Bonchev–Trinajstić information content (AvgIpc) is 2.29. The number of aryl methyl sites for hydroxylation is 1. The molecule has 1 heterocycles. The lowest BCUT2D eigenvalue weighted by molar-refractivity contribution is 0.0596. The van der Waals surface area contributed by atoms with E-state index in [1.165, 1.54) is 7.11 Å². The Kier molecular flexibility index (Phi) is 2.37. The van der Waals surface area contributed by atoms with Gasteiger partial charge in [0.15, 0.2) is 5.69 Å². The first kappa shape index (κ1) is 9.65. The topological polar surface area (TPSA) is 39.2 Å². The lowest BCUT2D eigenvalue weighted by atomic mass is 10.1. The molecule has 1 aromatic heterocycles. The molecule has 3 nitrogen and oxygen atoms in total. The number of pyridine rings is 1. The van der Waals surface area contributed by atoms with Crippen LogP contribution in [0.25, 0.3) is 10.8 Å². The zero-order valence-corrected chi connectivity index (χ0v) is 8.65. The van der Waals surface area contributed by atoms with Crippen molar-refractivity contribution in [2.45, 2.75) is 6.92 Å². The number of methoxy groups -OCH3 is 1. The highest BCUT2D eigenvalue weighted by atomic mass is 16.5. The predicted octanol–water partition coefficient (Wildman–Crippen LogP) is 2.33. The molecule has 0 saturated carbocycles. The summed E-state index contributed by atoms with van der Waals surface area (Å²) < 4.78 is 4.68. The van der Waals surface area contributed by atoms with Crippen molar-refractivity contribution < 1.29 is 9.53 Å². The zero-order valence-electron chi connectivity index (χ0n) is 8.65. The van der Waals surface area contributed by atoms with Gasteiger partial charge in [0.25, 0.3) is 0 Å². The largest absolute Gasteiger partial charge is 0.464 e. The molecule has 3 heteroatoms. The Morgan fingerprint density at radius 2 is 1.93 bits per heavy atom. The van der Waals surface area contributed by atoms with E-state index >= 15 is 0 Å². The van der Waals surface area contributed by atoms with Gasteiger partial charge in [0, 0.05) is 11.6 Å². The van der Waals surface area contributed by atoms with Crippen LogP contribution in [-0.2, 0) is 4.74 Å². The number of carbonyl (C=O) groups excluding carboxylic acids is 1. The quantitative estimate of drug-likeness (QED) is 0.665. The first-order valence-electron chi connectivity index (χ1n) is 4.66. The van der Waals surface area contributed by atoms with Crippen LogP contribution in [0.2, 0.25) is 0 Å². The Morgan fingerprint density at radius 1 is 1.27 bits per heavy atom. The first-order chi connectivity index (χ1) is 7.24.